The first-order valence-electron chi connectivity index (χ1n) is 7.92. The molecule has 2 aromatic rings. The summed E-state index contributed by atoms with van der Waals surface area (Å²) in [4.78, 5) is 12.1. The molecule has 0 saturated heterocycles. The van der Waals surface area contributed by atoms with E-state index < -0.39 is 6.29 Å². The predicted octanol–water partition coefficient (Wildman–Crippen LogP) is 3.88. The summed E-state index contributed by atoms with van der Waals surface area (Å²) in [5, 5.41) is 2.71. The molecule has 1 unspecified atom stereocenters. The van der Waals surface area contributed by atoms with Crippen molar-refractivity contribution in [2.24, 2.45) is 0 Å². The van der Waals surface area contributed by atoms with Crippen LogP contribution in [-0.2, 0) is 4.79 Å². The molecule has 1 atom stereocenters. The zero-order chi connectivity index (χ0) is 17.6. The summed E-state index contributed by atoms with van der Waals surface area (Å²) < 4.78 is 41.3. The van der Waals surface area contributed by atoms with Crippen LogP contribution in [0.3, 0.4) is 0 Å². The van der Waals surface area contributed by atoms with E-state index in [9.17, 15) is 13.6 Å². The molecule has 0 aromatic heterocycles. The van der Waals surface area contributed by atoms with Gasteiger partial charge in [0.15, 0.2) is 11.5 Å². The Morgan fingerprint density at radius 1 is 1.20 bits per heavy atom. The average molecular weight is 347 g/mol. The van der Waals surface area contributed by atoms with Crippen molar-refractivity contribution < 1.29 is 27.8 Å². The third kappa shape index (κ3) is 2.75. The average Bonchev–Trinajstić information content (AvgIpc) is 2.86. The van der Waals surface area contributed by atoms with Gasteiger partial charge >= 0.3 is 6.29 Å². The molecule has 25 heavy (non-hydrogen) atoms. The molecule has 2 aliphatic rings. The summed E-state index contributed by atoms with van der Waals surface area (Å²) in [7, 11) is 0. The number of fused-ring (bicyclic) bond motifs is 2. The second kappa shape index (κ2) is 5.61. The Kier molecular flexibility index (Phi) is 3.52. The number of rotatable bonds is 3. The molecule has 0 aliphatic carbocycles. The number of carbonyl (C=O) groups is 1. The Hall–Kier alpha value is -2.83. The lowest BCUT2D eigenvalue weighted by Gasteiger charge is -2.27. The van der Waals surface area contributed by atoms with Crippen LogP contribution in [0.25, 0.3) is 0 Å². The van der Waals surface area contributed by atoms with E-state index in [1.165, 1.54) is 12.1 Å². The Morgan fingerprint density at radius 2 is 1.92 bits per heavy atom. The Morgan fingerprint density at radius 3 is 2.68 bits per heavy atom. The van der Waals surface area contributed by atoms with Crippen LogP contribution in [0.1, 0.15) is 30.4 Å². The number of benzene rings is 2. The predicted molar refractivity (Wildman–Crippen MR) is 85.3 cm³/mol. The number of hydrogen-bond acceptors (Lipinski definition) is 4. The van der Waals surface area contributed by atoms with Crippen LogP contribution in [0, 0.1) is 0 Å². The second-order valence-corrected chi connectivity index (χ2v) is 5.83. The van der Waals surface area contributed by atoms with E-state index in [0.717, 1.165) is 5.56 Å². The van der Waals surface area contributed by atoms with Crippen molar-refractivity contribution in [1.29, 1.82) is 0 Å². The maximum Gasteiger partial charge on any atom is 0.586 e. The fourth-order valence-electron chi connectivity index (χ4n) is 3.24. The van der Waals surface area contributed by atoms with Gasteiger partial charge in [-0.05, 0) is 24.6 Å². The van der Waals surface area contributed by atoms with Crippen molar-refractivity contribution >= 4 is 11.6 Å². The Bertz CT molecular complexity index is 853. The van der Waals surface area contributed by atoms with E-state index in [-0.39, 0.29) is 29.7 Å². The quantitative estimate of drug-likeness (QED) is 0.915. The van der Waals surface area contributed by atoms with Gasteiger partial charge in [0.05, 0.1) is 6.61 Å². The SMILES string of the molecule is CCOc1ccccc1C1CC(=O)Nc2cc3c(cc21)OC(F)(F)O3. The van der Waals surface area contributed by atoms with Gasteiger partial charge < -0.3 is 19.5 Å². The number of carbonyl (C=O) groups excluding carboxylic acids is 1. The molecular weight excluding hydrogens is 332 g/mol. The van der Waals surface area contributed by atoms with Gasteiger partial charge in [0.2, 0.25) is 5.91 Å². The second-order valence-electron chi connectivity index (χ2n) is 5.83. The number of para-hydroxylation sites is 1. The highest BCUT2D eigenvalue weighted by atomic mass is 19.3. The van der Waals surface area contributed by atoms with Crippen LogP contribution in [-0.4, -0.2) is 18.8 Å². The Balaban J connectivity index is 1.82. The fraction of sp³-hybridized carbons (Fsp3) is 0.278. The van der Waals surface area contributed by atoms with Crippen molar-refractivity contribution in [2.45, 2.75) is 25.6 Å². The van der Waals surface area contributed by atoms with Crippen molar-refractivity contribution in [2.75, 3.05) is 11.9 Å². The number of halogens is 2. The maximum absolute atomic E-state index is 13.3. The first-order valence-corrected chi connectivity index (χ1v) is 7.92. The molecule has 5 nitrogen and oxygen atoms in total. The first-order chi connectivity index (χ1) is 12.0. The lowest BCUT2D eigenvalue weighted by atomic mass is 9.84. The van der Waals surface area contributed by atoms with E-state index in [1.807, 2.05) is 31.2 Å². The van der Waals surface area contributed by atoms with Gasteiger partial charge in [-0.1, -0.05) is 18.2 Å². The van der Waals surface area contributed by atoms with Crippen LogP contribution in [0.15, 0.2) is 36.4 Å². The van der Waals surface area contributed by atoms with Crippen LogP contribution >= 0.6 is 0 Å². The molecule has 0 radical (unpaired) electrons. The summed E-state index contributed by atoms with van der Waals surface area (Å²) >= 11 is 0. The molecular formula is C18H15F2NO4. The minimum absolute atomic E-state index is 0.0428. The summed E-state index contributed by atoms with van der Waals surface area (Å²) in [6.45, 7) is 2.36. The summed E-state index contributed by atoms with van der Waals surface area (Å²) in [5.41, 5.74) is 1.95. The van der Waals surface area contributed by atoms with Gasteiger partial charge in [-0.2, -0.15) is 0 Å². The lowest BCUT2D eigenvalue weighted by Crippen LogP contribution is -2.25. The van der Waals surface area contributed by atoms with Crippen molar-refractivity contribution in [3.8, 4) is 17.2 Å². The maximum atomic E-state index is 13.3. The van der Waals surface area contributed by atoms with Gasteiger partial charge in [0.25, 0.3) is 0 Å². The molecule has 2 heterocycles. The van der Waals surface area contributed by atoms with Crippen LogP contribution in [0.2, 0.25) is 0 Å². The van der Waals surface area contributed by atoms with Gasteiger partial charge in [-0.25, -0.2) is 0 Å². The number of amides is 1. The van der Waals surface area contributed by atoms with E-state index in [2.05, 4.69) is 14.8 Å². The zero-order valence-electron chi connectivity index (χ0n) is 13.3. The third-order valence-corrected chi connectivity index (χ3v) is 4.21. The van der Waals surface area contributed by atoms with Gasteiger partial charge in [0.1, 0.15) is 5.75 Å². The lowest BCUT2D eigenvalue weighted by molar-refractivity contribution is -0.286. The molecule has 1 N–H and O–H groups in total. The normalized spacial score (nSPS) is 20.0. The largest absolute Gasteiger partial charge is 0.586 e. The molecule has 0 saturated carbocycles. The number of alkyl halides is 2. The van der Waals surface area contributed by atoms with E-state index in [1.54, 1.807) is 0 Å². The minimum atomic E-state index is -3.70. The van der Waals surface area contributed by atoms with Crippen LogP contribution < -0.4 is 19.5 Å². The van der Waals surface area contributed by atoms with E-state index in [4.69, 9.17) is 4.74 Å². The number of hydrogen-bond donors (Lipinski definition) is 1. The fourth-order valence-corrected chi connectivity index (χ4v) is 3.24. The monoisotopic (exact) mass is 347 g/mol. The standard InChI is InChI=1S/C18H15F2NO4/c1-2-23-14-6-4-3-5-10(14)11-8-17(22)21-13-9-16-15(7-12(11)13)24-18(19,20)25-16/h3-7,9,11H,2,8H2,1H3,(H,21,22). The summed E-state index contributed by atoms with van der Waals surface area (Å²) in [6.07, 6.45) is -3.51. The molecule has 1 amide bonds. The van der Waals surface area contributed by atoms with Crippen molar-refractivity contribution in [1.82, 2.24) is 0 Å². The van der Waals surface area contributed by atoms with Crippen LogP contribution in [0.5, 0.6) is 17.2 Å². The summed E-state index contributed by atoms with van der Waals surface area (Å²) in [5.74, 6) is 0.00396. The highest BCUT2D eigenvalue weighted by Gasteiger charge is 2.44. The molecule has 0 fully saturated rings. The molecule has 0 spiro atoms. The first kappa shape index (κ1) is 15.7. The molecule has 7 heteroatoms. The molecule has 130 valence electrons. The van der Waals surface area contributed by atoms with Gasteiger partial charge in [-0.15, -0.1) is 8.78 Å². The number of nitrogens with one attached hydrogen (secondary N) is 1. The smallest absolute Gasteiger partial charge is 0.494 e. The van der Waals surface area contributed by atoms with Crippen molar-refractivity contribution in [3.05, 3.63) is 47.5 Å². The van der Waals surface area contributed by atoms with Gasteiger partial charge in [0, 0.05) is 29.7 Å². The van der Waals surface area contributed by atoms with Gasteiger partial charge in [-0.3, -0.25) is 4.79 Å². The zero-order valence-corrected chi connectivity index (χ0v) is 13.3. The molecule has 0 bridgehead atoms. The number of anilines is 1. The topological polar surface area (TPSA) is 56.8 Å². The molecule has 4 rings (SSSR count). The number of ether oxygens (including phenoxy) is 3. The molecule has 2 aliphatic heterocycles. The third-order valence-electron chi connectivity index (χ3n) is 4.21. The summed E-state index contributed by atoms with van der Waals surface area (Å²) in [6, 6.07) is 10.3. The van der Waals surface area contributed by atoms with E-state index >= 15 is 0 Å². The van der Waals surface area contributed by atoms with Crippen molar-refractivity contribution in [3.63, 3.8) is 0 Å². The van der Waals surface area contributed by atoms with Crippen LogP contribution in [0.4, 0.5) is 14.5 Å². The molecule has 2 aromatic carbocycles. The highest BCUT2D eigenvalue weighted by Crippen LogP contribution is 2.49. The highest BCUT2D eigenvalue weighted by molar-refractivity contribution is 5.96. The minimum Gasteiger partial charge on any atom is -0.494 e. The Labute approximate surface area is 142 Å². The van der Waals surface area contributed by atoms with E-state index in [0.29, 0.717) is 23.6 Å².